The van der Waals surface area contributed by atoms with Gasteiger partial charge in [0.25, 0.3) is 0 Å². The van der Waals surface area contributed by atoms with E-state index in [9.17, 15) is 4.79 Å². The van der Waals surface area contributed by atoms with Gasteiger partial charge in [-0.15, -0.1) is 0 Å². The van der Waals surface area contributed by atoms with Gasteiger partial charge in [0.2, 0.25) is 5.91 Å². The summed E-state index contributed by atoms with van der Waals surface area (Å²) in [5.41, 5.74) is 5.33. The van der Waals surface area contributed by atoms with Crippen molar-refractivity contribution in [2.45, 2.75) is 20.3 Å². The summed E-state index contributed by atoms with van der Waals surface area (Å²) in [4.78, 5) is 13.6. The van der Waals surface area contributed by atoms with Gasteiger partial charge in [0, 0.05) is 13.1 Å². The van der Waals surface area contributed by atoms with Crippen LogP contribution in [0.4, 0.5) is 0 Å². The molecule has 0 atom stereocenters. The maximum absolute atomic E-state index is 11.3. The van der Waals surface area contributed by atoms with E-state index in [1.165, 1.54) is 0 Å². The van der Waals surface area contributed by atoms with Crippen molar-refractivity contribution in [1.29, 1.82) is 0 Å². The van der Waals surface area contributed by atoms with Gasteiger partial charge in [-0.1, -0.05) is 26.1 Å². The first-order valence-electron chi connectivity index (χ1n) is 4.93. The van der Waals surface area contributed by atoms with E-state index in [0.29, 0.717) is 6.54 Å². The number of amides is 1. The predicted molar refractivity (Wildman–Crippen MR) is 66.7 cm³/mol. The van der Waals surface area contributed by atoms with Crippen LogP contribution in [0, 0.1) is 5.41 Å². The van der Waals surface area contributed by atoms with E-state index < -0.39 is 0 Å². The first-order chi connectivity index (χ1) is 6.73. The quantitative estimate of drug-likeness (QED) is 0.648. The van der Waals surface area contributed by atoms with Crippen molar-refractivity contribution < 1.29 is 4.79 Å². The smallest absolute Gasteiger partial charge is 0.226 e. The van der Waals surface area contributed by atoms with Crippen LogP contribution in [0.1, 0.15) is 20.3 Å². The molecular formula is C10H21N3OS. The van der Waals surface area contributed by atoms with Crippen molar-refractivity contribution in [3.8, 4) is 0 Å². The lowest BCUT2D eigenvalue weighted by molar-refractivity contribution is -0.120. The third kappa shape index (κ3) is 8.32. The number of nitrogens with two attached hydrogens (primary N) is 1. The monoisotopic (exact) mass is 231 g/mol. The number of carbonyl (C=O) groups is 1. The lowest BCUT2D eigenvalue weighted by Crippen LogP contribution is -2.40. The van der Waals surface area contributed by atoms with Crippen LogP contribution in [0.2, 0.25) is 0 Å². The maximum atomic E-state index is 11.3. The predicted octanol–water partition coefficient (Wildman–Crippen LogP) is 0.367. The van der Waals surface area contributed by atoms with Crippen LogP contribution in [-0.4, -0.2) is 43.0 Å². The van der Waals surface area contributed by atoms with Crippen molar-refractivity contribution >= 4 is 23.1 Å². The molecule has 0 heterocycles. The SMILES string of the molecule is CN(C)CC(C)(C)CNC(=O)CC(N)=S. The largest absolute Gasteiger partial charge is 0.393 e. The summed E-state index contributed by atoms with van der Waals surface area (Å²) in [7, 11) is 4.02. The number of rotatable bonds is 6. The molecule has 0 saturated carbocycles. The molecule has 0 unspecified atom stereocenters. The Morgan fingerprint density at radius 2 is 2.00 bits per heavy atom. The lowest BCUT2D eigenvalue weighted by atomic mass is 9.93. The molecule has 0 aliphatic heterocycles. The molecule has 1 amide bonds. The van der Waals surface area contributed by atoms with Gasteiger partial charge in [0.15, 0.2) is 0 Å². The molecule has 4 nitrogen and oxygen atoms in total. The van der Waals surface area contributed by atoms with Crippen LogP contribution < -0.4 is 11.1 Å². The Morgan fingerprint density at radius 3 is 2.40 bits per heavy atom. The molecular weight excluding hydrogens is 210 g/mol. The highest BCUT2D eigenvalue weighted by molar-refractivity contribution is 7.80. The average Bonchev–Trinajstić information content (AvgIpc) is 1.97. The standard InChI is InChI=1S/C10H21N3OS/c1-10(2,7-13(3)4)6-12-9(14)5-8(11)15/h5-7H2,1-4H3,(H2,11,15)(H,12,14). The summed E-state index contributed by atoms with van der Waals surface area (Å²) in [5, 5.41) is 2.83. The molecule has 0 radical (unpaired) electrons. The Bertz CT molecular complexity index is 239. The molecule has 0 rings (SSSR count). The minimum absolute atomic E-state index is 0.0510. The molecule has 0 aliphatic rings. The zero-order valence-electron chi connectivity index (χ0n) is 9.96. The van der Waals surface area contributed by atoms with Crippen LogP contribution in [-0.2, 0) is 4.79 Å². The van der Waals surface area contributed by atoms with E-state index in [2.05, 4.69) is 36.3 Å². The van der Waals surface area contributed by atoms with Gasteiger partial charge >= 0.3 is 0 Å². The molecule has 15 heavy (non-hydrogen) atoms. The second-order valence-corrected chi connectivity index (χ2v) is 5.35. The number of thiocarbonyl (C=S) groups is 1. The van der Waals surface area contributed by atoms with E-state index in [1.54, 1.807) is 0 Å². The zero-order chi connectivity index (χ0) is 12.1. The molecule has 88 valence electrons. The fourth-order valence-corrected chi connectivity index (χ4v) is 1.60. The van der Waals surface area contributed by atoms with Crippen LogP contribution in [0.5, 0.6) is 0 Å². The first-order valence-corrected chi connectivity index (χ1v) is 5.33. The number of hydrogen-bond acceptors (Lipinski definition) is 3. The maximum Gasteiger partial charge on any atom is 0.226 e. The fraction of sp³-hybridized carbons (Fsp3) is 0.800. The molecule has 5 heteroatoms. The molecule has 0 aromatic heterocycles. The molecule has 0 aromatic rings. The van der Waals surface area contributed by atoms with Gasteiger partial charge in [0.1, 0.15) is 0 Å². The molecule has 0 spiro atoms. The summed E-state index contributed by atoms with van der Waals surface area (Å²) >= 11 is 4.66. The van der Waals surface area contributed by atoms with E-state index in [1.807, 2.05) is 14.1 Å². The lowest BCUT2D eigenvalue weighted by Gasteiger charge is -2.28. The van der Waals surface area contributed by atoms with Gasteiger partial charge in [-0.05, 0) is 19.5 Å². The zero-order valence-corrected chi connectivity index (χ0v) is 10.8. The first kappa shape index (κ1) is 14.3. The van der Waals surface area contributed by atoms with E-state index in [-0.39, 0.29) is 22.7 Å². The normalized spacial score (nSPS) is 11.5. The topological polar surface area (TPSA) is 58.4 Å². The van der Waals surface area contributed by atoms with Crippen molar-refractivity contribution in [3.63, 3.8) is 0 Å². The van der Waals surface area contributed by atoms with E-state index in [0.717, 1.165) is 6.54 Å². The van der Waals surface area contributed by atoms with Crippen molar-refractivity contribution in [1.82, 2.24) is 10.2 Å². The average molecular weight is 231 g/mol. The molecule has 0 aliphatic carbocycles. The van der Waals surface area contributed by atoms with Crippen molar-refractivity contribution in [3.05, 3.63) is 0 Å². The molecule has 0 bridgehead atoms. The Morgan fingerprint density at radius 1 is 1.47 bits per heavy atom. The second-order valence-electron chi connectivity index (χ2n) is 4.82. The Balaban J connectivity index is 3.92. The van der Waals surface area contributed by atoms with Crippen LogP contribution in [0.3, 0.4) is 0 Å². The summed E-state index contributed by atoms with van der Waals surface area (Å²) in [6.45, 7) is 5.76. The summed E-state index contributed by atoms with van der Waals surface area (Å²) in [5.74, 6) is -0.102. The van der Waals surface area contributed by atoms with Gasteiger partial charge in [-0.2, -0.15) is 0 Å². The van der Waals surface area contributed by atoms with Crippen LogP contribution in [0.25, 0.3) is 0 Å². The van der Waals surface area contributed by atoms with Crippen LogP contribution >= 0.6 is 12.2 Å². The Kier molecular flexibility index (Phi) is 5.75. The summed E-state index contributed by atoms with van der Waals surface area (Å²) < 4.78 is 0. The highest BCUT2D eigenvalue weighted by Crippen LogP contribution is 2.13. The minimum Gasteiger partial charge on any atom is -0.393 e. The van der Waals surface area contributed by atoms with Gasteiger partial charge < -0.3 is 16.0 Å². The van der Waals surface area contributed by atoms with Gasteiger partial charge in [-0.25, -0.2) is 0 Å². The van der Waals surface area contributed by atoms with E-state index >= 15 is 0 Å². The van der Waals surface area contributed by atoms with E-state index in [4.69, 9.17) is 5.73 Å². The Labute approximate surface area is 97.2 Å². The third-order valence-electron chi connectivity index (χ3n) is 1.84. The number of carbonyl (C=O) groups excluding carboxylic acids is 1. The molecule has 0 aromatic carbocycles. The van der Waals surface area contributed by atoms with Gasteiger partial charge in [0.05, 0.1) is 11.4 Å². The summed E-state index contributed by atoms with van der Waals surface area (Å²) in [6, 6.07) is 0. The van der Waals surface area contributed by atoms with Crippen molar-refractivity contribution in [2.24, 2.45) is 11.1 Å². The Hall–Kier alpha value is -0.680. The second kappa shape index (κ2) is 6.02. The fourth-order valence-electron chi connectivity index (χ4n) is 1.47. The molecule has 0 saturated heterocycles. The molecule has 0 fully saturated rings. The number of nitrogens with one attached hydrogen (secondary N) is 1. The van der Waals surface area contributed by atoms with Crippen LogP contribution in [0.15, 0.2) is 0 Å². The highest BCUT2D eigenvalue weighted by atomic mass is 32.1. The summed E-state index contributed by atoms with van der Waals surface area (Å²) in [6.07, 6.45) is 0.132. The minimum atomic E-state index is -0.102. The third-order valence-corrected chi connectivity index (χ3v) is 1.99. The van der Waals surface area contributed by atoms with Crippen molar-refractivity contribution in [2.75, 3.05) is 27.2 Å². The molecule has 3 N–H and O–H groups in total. The number of hydrogen-bond donors (Lipinski definition) is 2. The van der Waals surface area contributed by atoms with Gasteiger partial charge in [-0.3, -0.25) is 4.79 Å². The number of nitrogens with zero attached hydrogens (tertiary/aromatic N) is 1. The highest BCUT2D eigenvalue weighted by Gasteiger charge is 2.19.